The van der Waals surface area contributed by atoms with Crippen molar-refractivity contribution in [2.75, 3.05) is 12.0 Å². The summed E-state index contributed by atoms with van der Waals surface area (Å²) in [7, 11) is -3.05. The summed E-state index contributed by atoms with van der Waals surface area (Å²) in [5, 5.41) is 0. The van der Waals surface area contributed by atoms with Crippen LogP contribution in [0.1, 0.15) is 43.6 Å². The van der Waals surface area contributed by atoms with Gasteiger partial charge < -0.3 is 10.7 Å². The van der Waals surface area contributed by atoms with Crippen LogP contribution in [-0.2, 0) is 16.3 Å². The molecule has 0 amide bonds. The van der Waals surface area contributed by atoms with E-state index in [-0.39, 0.29) is 17.7 Å². The number of H-pyrrole nitrogens is 1. The van der Waals surface area contributed by atoms with Gasteiger partial charge in [0.25, 0.3) is 0 Å². The zero-order chi connectivity index (χ0) is 18.5. The molecule has 4 rings (SSSR count). The van der Waals surface area contributed by atoms with Crippen LogP contribution in [0.5, 0.6) is 0 Å². The standard InChI is InChI=1S/C18H25N5O2S/c1-3-11-8-12(19)9-13(11)18-22-14(5-7-26(2,24)25)16-10-21-17-15(23(16)18)4-6-20-17/h4,6,10-13,20H,3,5,7-9,19H2,1-2H3/t11-,12+,13?/m1/s1. The minimum absolute atomic E-state index is 0.0890. The molecule has 0 aliphatic heterocycles. The second-order valence-corrected chi connectivity index (χ2v) is 9.75. The second-order valence-electron chi connectivity index (χ2n) is 7.49. The molecule has 8 heteroatoms. The molecule has 140 valence electrons. The molecule has 1 aliphatic carbocycles. The molecule has 0 spiro atoms. The maximum absolute atomic E-state index is 11.6. The number of aromatic amines is 1. The van der Waals surface area contributed by atoms with Gasteiger partial charge in [0, 0.05) is 30.8 Å². The lowest BCUT2D eigenvalue weighted by Gasteiger charge is -2.17. The third-order valence-electron chi connectivity index (χ3n) is 5.57. The number of nitrogens with two attached hydrogens (primary N) is 1. The fourth-order valence-corrected chi connectivity index (χ4v) is 4.86. The van der Waals surface area contributed by atoms with Crippen LogP contribution in [0.3, 0.4) is 0 Å². The van der Waals surface area contributed by atoms with Crippen molar-refractivity contribution in [2.45, 2.75) is 44.6 Å². The predicted molar refractivity (Wildman–Crippen MR) is 102 cm³/mol. The Morgan fingerprint density at radius 1 is 1.35 bits per heavy atom. The van der Waals surface area contributed by atoms with Crippen LogP contribution in [0, 0.1) is 5.92 Å². The topological polar surface area (TPSA) is 106 Å². The number of nitrogens with zero attached hydrogens (tertiary/aromatic N) is 3. The van der Waals surface area contributed by atoms with E-state index in [1.54, 1.807) is 6.20 Å². The number of rotatable bonds is 5. The number of aromatic nitrogens is 4. The summed E-state index contributed by atoms with van der Waals surface area (Å²) >= 11 is 0. The predicted octanol–water partition coefficient (Wildman–Crippen LogP) is 2.03. The second kappa shape index (κ2) is 6.35. The first-order valence-corrected chi connectivity index (χ1v) is 11.2. The maximum atomic E-state index is 11.6. The van der Waals surface area contributed by atoms with E-state index < -0.39 is 9.84 Å². The molecule has 3 aromatic rings. The van der Waals surface area contributed by atoms with E-state index in [4.69, 9.17) is 10.7 Å². The lowest BCUT2D eigenvalue weighted by molar-refractivity contribution is 0.451. The number of sulfone groups is 1. The average molecular weight is 375 g/mol. The number of fused-ring (bicyclic) bond motifs is 3. The molecule has 3 atom stereocenters. The molecule has 3 N–H and O–H groups in total. The van der Waals surface area contributed by atoms with E-state index in [1.807, 2.05) is 12.3 Å². The van der Waals surface area contributed by atoms with Crippen LogP contribution in [0.15, 0.2) is 18.5 Å². The number of hydrogen-bond donors (Lipinski definition) is 2. The van der Waals surface area contributed by atoms with E-state index in [1.165, 1.54) is 6.26 Å². The summed E-state index contributed by atoms with van der Waals surface area (Å²) < 4.78 is 25.4. The van der Waals surface area contributed by atoms with Crippen LogP contribution in [0.2, 0.25) is 0 Å². The van der Waals surface area contributed by atoms with E-state index in [2.05, 4.69) is 21.3 Å². The van der Waals surface area contributed by atoms with E-state index in [0.717, 1.165) is 47.5 Å². The number of aryl methyl sites for hydroxylation is 1. The van der Waals surface area contributed by atoms with Crippen molar-refractivity contribution in [1.29, 1.82) is 0 Å². The summed E-state index contributed by atoms with van der Waals surface area (Å²) in [6.07, 6.45) is 8.31. The quantitative estimate of drug-likeness (QED) is 0.710. The molecule has 0 bridgehead atoms. The Morgan fingerprint density at radius 3 is 2.88 bits per heavy atom. The van der Waals surface area contributed by atoms with Gasteiger partial charge in [-0.2, -0.15) is 0 Å². The lowest BCUT2D eigenvalue weighted by Crippen LogP contribution is -2.15. The van der Waals surface area contributed by atoms with Gasteiger partial charge in [-0.15, -0.1) is 0 Å². The average Bonchev–Trinajstić information content (AvgIpc) is 3.27. The zero-order valence-corrected chi connectivity index (χ0v) is 16.0. The monoisotopic (exact) mass is 375 g/mol. The Kier molecular flexibility index (Phi) is 4.27. The molecule has 0 saturated heterocycles. The van der Waals surface area contributed by atoms with Crippen molar-refractivity contribution in [2.24, 2.45) is 11.7 Å². The first kappa shape index (κ1) is 17.5. The third kappa shape index (κ3) is 3.01. The Labute approximate surface area is 152 Å². The van der Waals surface area contributed by atoms with Gasteiger partial charge in [0.2, 0.25) is 0 Å². The first-order valence-electron chi connectivity index (χ1n) is 9.14. The molecular formula is C18H25N5O2S. The highest BCUT2D eigenvalue weighted by atomic mass is 32.2. The van der Waals surface area contributed by atoms with Gasteiger partial charge >= 0.3 is 0 Å². The molecule has 0 radical (unpaired) electrons. The molecule has 7 nitrogen and oxygen atoms in total. The molecule has 3 aromatic heterocycles. The Balaban J connectivity index is 1.89. The summed E-state index contributed by atoms with van der Waals surface area (Å²) in [5.41, 5.74) is 9.73. The zero-order valence-electron chi connectivity index (χ0n) is 15.1. The molecule has 1 unspecified atom stereocenters. The summed E-state index contributed by atoms with van der Waals surface area (Å²) in [6, 6.07) is 2.19. The van der Waals surface area contributed by atoms with Crippen molar-refractivity contribution in [1.82, 2.24) is 19.4 Å². The van der Waals surface area contributed by atoms with Crippen molar-refractivity contribution in [3.63, 3.8) is 0 Å². The maximum Gasteiger partial charge on any atom is 0.154 e. The lowest BCUT2D eigenvalue weighted by atomic mass is 9.93. The van der Waals surface area contributed by atoms with E-state index in [9.17, 15) is 8.42 Å². The summed E-state index contributed by atoms with van der Waals surface area (Å²) in [6.45, 7) is 2.20. The molecule has 1 saturated carbocycles. The number of nitrogens with one attached hydrogen (secondary N) is 1. The Hall–Kier alpha value is -1.93. The highest BCUT2D eigenvalue weighted by molar-refractivity contribution is 7.90. The van der Waals surface area contributed by atoms with Crippen LogP contribution in [0.4, 0.5) is 0 Å². The van der Waals surface area contributed by atoms with Gasteiger partial charge in [0.1, 0.15) is 15.7 Å². The molecule has 1 fully saturated rings. The third-order valence-corrected chi connectivity index (χ3v) is 6.52. The fourth-order valence-electron chi connectivity index (χ4n) is 4.30. The van der Waals surface area contributed by atoms with Crippen LogP contribution in [-0.4, -0.2) is 45.8 Å². The largest absolute Gasteiger partial charge is 0.345 e. The minimum Gasteiger partial charge on any atom is -0.345 e. The van der Waals surface area contributed by atoms with Crippen LogP contribution in [0.25, 0.3) is 16.7 Å². The van der Waals surface area contributed by atoms with Gasteiger partial charge in [0.05, 0.1) is 28.7 Å². The smallest absolute Gasteiger partial charge is 0.154 e. The number of hydrogen-bond acceptors (Lipinski definition) is 5. The molecule has 1 aliphatic rings. The minimum atomic E-state index is -3.05. The Morgan fingerprint density at radius 2 is 2.15 bits per heavy atom. The van der Waals surface area contributed by atoms with Crippen LogP contribution >= 0.6 is 0 Å². The SMILES string of the molecule is CC[C@@H]1C[C@H](N)CC1c1nc(CCS(C)(=O)=O)c2cnc3[nH]ccc3n12. The van der Waals surface area contributed by atoms with Crippen molar-refractivity contribution in [3.05, 3.63) is 30.0 Å². The van der Waals surface area contributed by atoms with Crippen molar-refractivity contribution >= 4 is 26.5 Å². The Bertz CT molecular complexity index is 1050. The highest BCUT2D eigenvalue weighted by Crippen LogP contribution is 2.41. The fraction of sp³-hybridized carbons (Fsp3) is 0.556. The summed E-state index contributed by atoms with van der Waals surface area (Å²) in [4.78, 5) is 12.6. The molecule has 3 heterocycles. The molecule has 0 aromatic carbocycles. The normalized spacial score (nSPS) is 24.0. The van der Waals surface area contributed by atoms with Gasteiger partial charge in [0.15, 0.2) is 5.65 Å². The van der Waals surface area contributed by atoms with Gasteiger partial charge in [-0.1, -0.05) is 13.3 Å². The van der Waals surface area contributed by atoms with Crippen LogP contribution < -0.4 is 5.73 Å². The first-order chi connectivity index (χ1) is 12.4. The highest BCUT2D eigenvalue weighted by Gasteiger charge is 2.35. The van der Waals surface area contributed by atoms with Gasteiger partial charge in [-0.3, -0.25) is 4.40 Å². The van der Waals surface area contributed by atoms with E-state index in [0.29, 0.717) is 12.3 Å². The summed E-state index contributed by atoms with van der Waals surface area (Å²) in [5.74, 6) is 1.87. The van der Waals surface area contributed by atoms with E-state index >= 15 is 0 Å². The van der Waals surface area contributed by atoms with Crippen molar-refractivity contribution < 1.29 is 8.42 Å². The molecular weight excluding hydrogens is 350 g/mol. The van der Waals surface area contributed by atoms with Crippen molar-refractivity contribution in [3.8, 4) is 0 Å². The van der Waals surface area contributed by atoms with Gasteiger partial charge in [-0.05, 0) is 24.8 Å². The molecule has 26 heavy (non-hydrogen) atoms. The number of imidazole rings is 1. The van der Waals surface area contributed by atoms with Gasteiger partial charge in [-0.25, -0.2) is 18.4 Å².